The molecule has 2 N–H and O–H groups in total. The molecule has 0 bridgehead atoms. The fourth-order valence-electron chi connectivity index (χ4n) is 2.50. The van der Waals surface area contributed by atoms with Crippen molar-refractivity contribution >= 4 is 29.7 Å². The van der Waals surface area contributed by atoms with Crippen LogP contribution in [-0.2, 0) is 9.59 Å². The predicted molar refractivity (Wildman–Crippen MR) is 115 cm³/mol. The van der Waals surface area contributed by atoms with Gasteiger partial charge >= 0.3 is 17.8 Å². The minimum Gasteiger partial charge on any atom is -0.497 e. The molecule has 0 aliphatic heterocycles. The Bertz CT molecular complexity index is 1160. The van der Waals surface area contributed by atoms with Crippen molar-refractivity contribution in [3.8, 4) is 11.5 Å². The van der Waals surface area contributed by atoms with E-state index in [9.17, 15) is 18.8 Å². The second kappa shape index (κ2) is 10.5. The predicted octanol–water partition coefficient (Wildman–Crippen LogP) is 3.14. The quantitative estimate of drug-likeness (QED) is 0.203. The maximum absolute atomic E-state index is 13.5. The molecular weight excluding hydrogens is 417 g/mol. The molecule has 0 saturated carbocycles. The third kappa shape index (κ3) is 5.99. The number of carbonyl (C=O) groups is 3. The third-order valence-corrected chi connectivity index (χ3v) is 4.10. The summed E-state index contributed by atoms with van der Waals surface area (Å²) in [4.78, 5) is 35.8. The number of halogens is 1. The Balaban J connectivity index is 1.52. The third-order valence-electron chi connectivity index (χ3n) is 4.10. The van der Waals surface area contributed by atoms with Crippen molar-refractivity contribution in [2.45, 2.75) is 0 Å². The molecule has 3 aromatic rings. The molecule has 0 aliphatic carbocycles. The Hall–Kier alpha value is -4.53. The number of methoxy groups -OCH3 is 1. The van der Waals surface area contributed by atoms with E-state index >= 15 is 0 Å². The zero-order valence-corrected chi connectivity index (χ0v) is 16.9. The number of hydrazone groups is 1. The first-order chi connectivity index (χ1) is 15.5. The highest BCUT2D eigenvalue weighted by Crippen LogP contribution is 2.17. The van der Waals surface area contributed by atoms with Crippen molar-refractivity contribution in [3.63, 3.8) is 0 Å². The standard InChI is InChI=1S/C23H18FN3O5/c1-31-18-6-4-5-16(13-18)23(30)32-17-11-9-15(10-12-17)14-25-27-22(29)21(28)26-20-8-3-2-7-19(20)24/h2-14H,1H3,(H,26,28)(H,27,29). The highest BCUT2D eigenvalue weighted by Gasteiger charge is 2.14. The maximum atomic E-state index is 13.5. The molecule has 8 nitrogen and oxygen atoms in total. The Morgan fingerprint density at radius 3 is 2.38 bits per heavy atom. The van der Waals surface area contributed by atoms with Crippen LogP contribution in [0.2, 0.25) is 0 Å². The molecule has 32 heavy (non-hydrogen) atoms. The molecule has 0 aliphatic rings. The molecule has 9 heteroatoms. The Morgan fingerprint density at radius 2 is 1.66 bits per heavy atom. The molecule has 0 fully saturated rings. The van der Waals surface area contributed by atoms with Crippen molar-refractivity contribution in [2.75, 3.05) is 12.4 Å². The maximum Gasteiger partial charge on any atom is 0.343 e. The van der Waals surface area contributed by atoms with Gasteiger partial charge in [-0.1, -0.05) is 18.2 Å². The number of esters is 1. The Labute approximate surface area is 182 Å². The van der Waals surface area contributed by atoms with E-state index in [1.54, 1.807) is 48.5 Å². The second-order valence-electron chi connectivity index (χ2n) is 6.32. The smallest absolute Gasteiger partial charge is 0.343 e. The average Bonchev–Trinajstić information content (AvgIpc) is 2.81. The van der Waals surface area contributed by atoms with Crippen molar-refractivity contribution in [2.24, 2.45) is 5.10 Å². The molecule has 0 radical (unpaired) electrons. The molecule has 0 saturated heterocycles. The van der Waals surface area contributed by atoms with Gasteiger partial charge in [-0.05, 0) is 60.2 Å². The second-order valence-corrected chi connectivity index (χ2v) is 6.32. The van der Waals surface area contributed by atoms with Crippen LogP contribution < -0.4 is 20.2 Å². The first-order valence-corrected chi connectivity index (χ1v) is 9.31. The van der Waals surface area contributed by atoms with E-state index in [1.807, 2.05) is 5.43 Å². The first-order valence-electron chi connectivity index (χ1n) is 9.31. The van der Waals surface area contributed by atoms with Crippen molar-refractivity contribution in [3.05, 3.63) is 89.7 Å². The number of nitrogens with one attached hydrogen (secondary N) is 2. The van der Waals surface area contributed by atoms with Crippen LogP contribution in [0, 0.1) is 5.82 Å². The molecule has 0 aromatic heterocycles. The first kappa shape index (κ1) is 22.2. The van der Waals surface area contributed by atoms with Crippen LogP contribution in [0.25, 0.3) is 0 Å². The zero-order valence-electron chi connectivity index (χ0n) is 16.9. The number of nitrogens with zero attached hydrogens (tertiary/aromatic N) is 1. The minimum atomic E-state index is -1.06. The van der Waals surface area contributed by atoms with Crippen LogP contribution in [-0.4, -0.2) is 31.1 Å². The van der Waals surface area contributed by atoms with E-state index in [4.69, 9.17) is 9.47 Å². The van der Waals surface area contributed by atoms with Crippen LogP contribution in [0.1, 0.15) is 15.9 Å². The monoisotopic (exact) mass is 435 g/mol. The van der Waals surface area contributed by atoms with E-state index in [2.05, 4.69) is 10.4 Å². The van der Waals surface area contributed by atoms with Crippen LogP contribution in [0.5, 0.6) is 11.5 Å². The van der Waals surface area contributed by atoms with E-state index in [-0.39, 0.29) is 5.69 Å². The Kier molecular flexibility index (Phi) is 7.26. The molecule has 0 unspecified atom stereocenters. The summed E-state index contributed by atoms with van der Waals surface area (Å²) < 4.78 is 23.9. The number of amides is 2. The summed E-state index contributed by atoms with van der Waals surface area (Å²) in [6.07, 6.45) is 1.29. The number of para-hydroxylation sites is 1. The largest absolute Gasteiger partial charge is 0.497 e. The summed E-state index contributed by atoms with van der Waals surface area (Å²) in [5.41, 5.74) is 2.84. The van der Waals surface area contributed by atoms with Crippen LogP contribution in [0.15, 0.2) is 77.9 Å². The zero-order chi connectivity index (χ0) is 22.9. The molecule has 0 heterocycles. The lowest BCUT2D eigenvalue weighted by Gasteiger charge is -2.06. The van der Waals surface area contributed by atoms with Gasteiger partial charge in [0.05, 0.1) is 24.6 Å². The molecule has 0 atom stereocenters. The minimum absolute atomic E-state index is 0.115. The van der Waals surface area contributed by atoms with Gasteiger partial charge in [0.25, 0.3) is 0 Å². The lowest BCUT2D eigenvalue weighted by Crippen LogP contribution is -2.32. The Morgan fingerprint density at radius 1 is 0.906 bits per heavy atom. The van der Waals surface area contributed by atoms with Crippen LogP contribution in [0.4, 0.5) is 10.1 Å². The summed E-state index contributed by atoms with van der Waals surface area (Å²) in [6.45, 7) is 0. The molecule has 3 aromatic carbocycles. The number of hydrogen-bond donors (Lipinski definition) is 2. The molecule has 3 rings (SSSR count). The molecule has 0 spiro atoms. The number of rotatable bonds is 6. The van der Waals surface area contributed by atoms with Gasteiger partial charge in [-0.3, -0.25) is 9.59 Å². The van der Waals surface area contributed by atoms with Crippen LogP contribution >= 0.6 is 0 Å². The van der Waals surface area contributed by atoms with Gasteiger partial charge in [0.2, 0.25) is 0 Å². The van der Waals surface area contributed by atoms with Gasteiger partial charge in [-0.15, -0.1) is 0 Å². The highest BCUT2D eigenvalue weighted by molar-refractivity contribution is 6.39. The summed E-state index contributed by atoms with van der Waals surface area (Å²) in [6, 6.07) is 18.3. The van der Waals surface area contributed by atoms with Gasteiger partial charge < -0.3 is 14.8 Å². The van der Waals surface area contributed by atoms with Gasteiger partial charge in [0, 0.05) is 0 Å². The van der Waals surface area contributed by atoms with Crippen molar-refractivity contribution in [1.82, 2.24) is 5.43 Å². The molecular formula is C23H18FN3O5. The van der Waals surface area contributed by atoms with Crippen molar-refractivity contribution in [1.29, 1.82) is 0 Å². The van der Waals surface area contributed by atoms with Gasteiger partial charge in [0.1, 0.15) is 17.3 Å². The topological polar surface area (TPSA) is 106 Å². The number of anilines is 1. The summed E-state index contributed by atoms with van der Waals surface area (Å²) in [5, 5.41) is 5.83. The number of ether oxygens (including phenoxy) is 2. The number of hydrogen-bond acceptors (Lipinski definition) is 6. The fraction of sp³-hybridized carbons (Fsp3) is 0.0435. The lowest BCUT2D eigenvalue weighted by atomic mass is 10.2. The average molecular weight is 435 g/mol. The lowest BCUT2D eigenvalue weighted by molar-refractivity contribution is -0.136. The van der Waals surface area contributed by atoms with Gasteiger partial charge in [-0.2, -0.15) is 5.10 Å². The van der Waals surface area contributed by atoms with E-state index < -0.39 is 23.6 Å². The van der Waals surface area contributed by atoms with Gasteiger partial charge in [-0.25, -0.2) is 14.6 Å². The normalized spacial score (nSPS) is 10.4. The summed E-state index contributed by atoms with van der Waals surface area (Å²) in [5.74, 6) is -2.48. The van der Waals surface area contributed by atoms with E-state index in [1.165, 1.54) is 31.5 Å². The van der Waals surface area contributed by atoms with Crippen LogP contribution in [0.3, 0.4) is 0 Å². The highest BCUT2D eigenvalue weighted by atomic mass is 19.1. The summed E-state index contributed by atoms with van der Waals surface area (Å²) >= 11 is 0. The molecule has 162 valence electrons. The molecule has 2 amide bonds. The number of benzene rings is 3. The summed E-state index contributed by atoms with van der Waals surface area (Å²) in [7, 11) is 1.50. The number of carbonyl (C=O) groups excluding carboxylic acids is 3. The SMILES string of the molecule is COc1cccc(C(=O)Oc2ccc(C=NNC(=O)C(=O)Nc3ccccc3F)cc2)c1. The van der Waals surface area contributed by atoms with E-state index in [0.717, 1.165) is 6.07 Å². The fourth-order valence-corrected chi connectivity index (χ4v) is 2.50. The van der Waals surface area contributed by atoms with E-state index in [0.29, 0.717) is 22.6 Å². The van der Waals surface area contributed by atoms with Crippen molar-refractivity contribution < 1.29 is 28.2 Å². The van der Waals surface area contributed by atoms with Gasteiger partial charge in [0.15, 0.2) is 0 Å².